The third kappa shape index (κ3) is 2.78. The molecule has 9 heteroatoms. The van der Waals surface area contributed by atoms with Gasteiger partial charge >= 0.3 is 0 Å². The molecule has 118 valence electrons. The van der Waals surface area contributed by atoms with E-state index in [9.17, 15) is 13.2 Å². The predicted octanol–water partition coefficient (Wildman–Crippen LogP) is 1.64. The van der Waals surface area contributed by atoms with E-state index in [4.69, 9.17) is 0 Å². The number of hydrogen-bond donors (Lipinski definition) is 1. The van der Waals surface area contributed by atoms with Gasteiger partial charge in [-0.05, 0) is 19.3 Å². The summed E-state index contributed by atoms with van der Waals surface area (Å²) in [6.45, 7) is 0.587. The predicted molar refractivity (Wildman–Crippen MR) is 81.4 cm³/mol. The van der Waals surface area contributed by atoms with Crippen molar-refractivity contribution < 1.29 is 13.2 Å². The van der Waals surface area contributed by atoms with Gasteiger partial charge in [0, 0.05) is 18.2 Å². The maximum atomic E-state index is 12.6. The number of rotatable bonds is 3. The number of piperidine rings is 1. The molecule has 0 radical (unpaired) electrons. The van der Waals surface area contributed by atoms with E-state index >= 15 is 0 Å². The summed E-state index contributed by atoms with van der Waals surface area (Å²) < 4.78 is 23.8. The number of nitrogens with one attached hydrogen (secondary N) is 1. The second-order valence-electron chi connectivity index (χ2n) is 5.30. The van der Waals surface area contributed by atoms with Crippen LogP contribution in [-0.2, 0) is 9.84 Å². The minimum absolute atomic E-state index is 0.162. The Morgan fingerprint density at radius 1 is 1.45 bits per heavy atom. The normalized spacial score (nSPS) is 19.3. The Morgan fingerprint density at radius 3 is 2.95 bits per heavy atom. The van der Waals surface area contributed by atoms with Crippen LogP contribution < -0.4 is 0 Å². The molecular formula is C13H16N4O3S2. The minimum atomic E-state index is -3.39. The zero-order valence-corrected chi connectivity index (χ0v) is 13.7. The van der Waals surface area contributed by atoms with Gasteiger partial charge in [-0.1, -0.05) is 0 Å². The molecule has 7 nitrogen and oxygen atoms in total. The highest BCUT2D eigenvalue weighted by Gasteiger charge is 2.33. The molecule has 22 heavy (non-hydrogen) atoms. The van der Waals surface area contributed by atoms with Gasteiger partial charge in [0.1, 0.15) is 10.6 Å². The molecule has 1 saturated heterocycles. The first kappa shape index (κ1) is 15.2. The summed E-state index contributed by atoms with van der Waals surface area (Å²) >= 11 is 1.36. The van der Waals surface area contributed by atoms with E-state index in [1.807, 2.05) is 0 Å². The van der Waals surface area contributed by atoms with Crippen LogP contribution >= 0.6 is 11.3 Å². The van der Waals surface area contributed by atoms with Crippen molar-refractivity contribution in [3.63, 3.8) is 0 Å². The molecule has 1 atom stereocenters. The number of carbonyl (C=O) groups excluding carboxylic acids is 1. The van der Waals surface area contributed by atoms with Gasteiger partial charge in [-0.15, -0.1) is 11.3 Å². The van der Waals surface area contributed by atoms with Crippen molar-refractivity contribution in [3.05, 3.63) is 28.5 Å². The standard InChI is InChI=1S/C13H16N4O3S2/c1-22(19,20)11-6-15-16-12(11)10-4-2-3-5-17(10)13(18)9-7-21-8-14-9/h6-8,10H,2-5H2,1H3,(H,15,16). The fourth-order valence-corrected chi connectivity index (χ4v) is 4.11. The van der Waals surface area contributed by atoms with Crippen molar-refractivity contribution in [1.29, 1.82) is 0 Å². The second-order valence-corrected chi connectivity index (χ2v) is 8.01. The van der Waals surface area contributed by atoms with Crippen LogP contribution in [0.1, 0.15) is 41.5 Å². The number of aromatic nitrogens is 3. The molecule has 3 rings (SSSR count). The maximum Gasteiger partial charge on any atom is 0.273 e. The number of likely N-dealkylation sites (tertiary alicyclic amines) is 1. The van der Waals surface area contributed by atoms with Crippen LogP contribution in [0, 0.1) is 0 Å². The molecule has 0 aliphatic carbocycles. The van der Waals surface area contributed by atoms with Crippen molar-refractivity contribution in [3.8, 4) is 0 Å². The van der Waals surface area contributed by atoms with Gasteiger partial charge in [0.15, 0.2) is 9.84 Å². The number of amides is 1. The van der Waals surface area contributed by atoms with Gasteiger partial charge in [0.05, 0.1) is 23.4 Å². The molecule has 1 fully saturated rings. The molecule has 1 N–H and O–H groups in total. The highest BCUT2D eigenvalue weighted by atomic mass is 32.2. The smallest absolute Gasteiger partial charge is 0.273 e. The van der Waals surface area contributed by atoms with Gasteiger partial charge in [-0.2, -0.15) is 5.10 Å². The number of hydrogen-bond acceptors (Lipinski definition) is 6. The zero-order chi connectivity index (χ0) is 15.7. The lowest BCUT2D eigenvalue weighted by Gasteiger charge is -2.35. The first-order valence-corrected chi connectivity index (χ1v) is 9.74. The topological polar surface area (TPSA) is 96.0 Å². The van der Waals surface area contributed by atoms with Crippen molar-refractivity contribution in [2.75, 3.05) is 12.8 Å². The van der Waals surface area contributed by atoms with Crippen LogP contribution in [0.4, 0.5) is 0 Å². The van der Waals surface area contributed by atoms with E-state index in [-0.39, 0.29) is 16.8 Å². The quantitative estimate of drug-likeness (QED) is 0.916. The molecule has 0 bridgehead atoms. The monoisotopic (exact) mass is 340 g/mol. The summed E-state index contributed by atoms with van der Waals surface area (Å²) in [5, 5.41) is 8.34. The Bertz CT molecular complexity index is 767. The van der Waals surface area contributed by atoms with Crippen LogP contribution in [0.5, 0.6) is 0 Å². The average Bonchev–Trinajstić information content (AvgIpc) is 3.17. The van der Waals surface area contributed by atoms with Crippen LogP contribution in [0.3, 0.4) is 0 Å². The van der Waals surface area contributed by atoms with E-state index in [2.05, 4.69) is 15.2 Å². The summed E-state index contributed by atoms with van der Waals surface area (Å²) in [5.41, 5.74) is 2.51. The first-order valence-electron chi connectivity index (χ1n) is 6.91. The number of thiazole rings is 1. The Hall–Kier alpha value is -1.74. The fraction of sp³-hybridized carbons (Fsp3) is 0.462. The summed E-state index contributed by atoms with van der Waals surface area (Å²) in [5.74, 6) is -0.167. The van der Waals surface area contributed by atoms with Crippen LogP contribution in [0.15, 0.2) is 22.0 Å². The molecular weight excluding hydrogens is 324 g/mol. The van der Waals surface area contributed by atoms with Gasteiger partial charge in [-0.3, -0.25) is 9.89 Å². The second kappa shape index (κ2) is 5.81. The van der Waals surface area contributed by atoms with E-state index in [1.165, 1.54) is 17.5 Å². The van der Waals surface area contributed by atoms with Crippen molar-refractivity contribution in [1.82, 2.24) is 20.1 Å². The number of carbonyl (C=O) groups is 1. The zero-order valence-electron chi connectivity index (χ0n) is 12.0. The van der Waals surface area contributed by atoms with Gasteiger partial charge < -0.3 is 4.90 Å². The van der Waals surface area contributed by atoms with Gasteiger partial charge in [0.2, 0.25) is 0 Å². The lowest BCUT2D eigenvalue weighted by atomic mass is 9.99. The number of aromatic amines is 1. The molecule has 1 aliphatic heterocycles. The molecule has 2 aromatic heterocycles. The Morgan fingerprint density at radius 2 is 2.27 bits per heavy atom. The van der Waals surface area contributed by atoms with E-state index < -0.39 is 9.84 Å². The Labute approximate surface area is 132 Å². The van der Waals surface area contributed by atoms with Gasteiger partial charge in [0.25, 0.3) is 5.91 Å². The lowest BCUT2D eigenvalue weighted by molar-refractivity contribution is 0.0597. The summed E-state index contributed by atoms with van der Waals surface area (Å²) in [6, 6.07) is -0.310. The lowest BCUT2D eigenvalue weighted by Crippen LogP contribution is -2.39. The van der Waals surface area contributed by atoms with Gasteiger partial charge in [-0.25, -0.2) is 13.4 Å². The summed E-state index contributed by atoms with van der Waals surface area (Å²) in [7, 11) is -3.39. The van der Waals surface area contributed by atoms with E-state index in [0.29, 0.717) is 24.4 Å². The number of nitrogens with zero attached hydrogens (tertiary/aromatic N) is 3. The molecule has 3 heterocycles. The molecule has 0 saturated carbocycles. The average molecular weight is 340 g/mol. The third-order valence-electron chi connectivity index (χ3n) is 3.78. The molecule has 0 aromatic carbocycles. The van der Waals surface area contributed by atoms with Crippen molar-refractivity contribution in [2.24, 2.45) is 0 Å². The first-order chi connectivity index (χ1) is 10.5. The Balaban J connectivity index is 1.97. The highest BCUT2D eigenvalue weighted by molar-refractivity contribution is 7.90. The summed E-state index contributed by atoms with van der Waals surface area (Å²) in [6.07, 6.45) is 5.00. The summed E-state index contributed by atoms with van der Waals surface area (Å²) in [4.78, 5) is 18.5. The molecule has 1 aliphatic rings. The number of sulfone groups is 1. The molecule has 1 amide bonds. The van der Waals surface area contributed by atoms with Crippen LogP contribution in [0.25, 0.3) is 0 Å². The van der Waals surface area contributed by atoms with E-state index in [0.717, 1.165) is 19.1 Å². The fourth-order valence-electron chi connectivity index (χ4n) is 2.76. The molecule has 2 aromatic rings. The van der Waals surface area contributed by atoms with Crippen molar-refractivity contribution in [2.45, 2.75) is 30.2 Å². The largest absolute Gasteiger partial charge is 0.329 e. The van der Waals surface area contributed by atoms with Crippen molar-refractivity contribution >= 4 is 27.1 Å². The van der Waals surface area contributed by atoms with Crippen LogP contribution in [-0.4, -0.2) is 47.2 Å². The SMILES string of the molecule is CS(=O)(=O)c1cn[nH]c1C1CCCCN1C(=O)c1cscn1. The Kier molecular flexibility index (Phi) is 4.00. The molecule has 0 spiro atoms. The molecule has 1 unspecified atom stereocenters. The number of H-pyrrole nitrogens is 1. The van der Waals surface area contributed by atoms with E-state index in [1.54, 1.807) is 15.8 Å². The third-order valence-corrected chi connectivity index (χ3v) is 5.49. The van der Waals surface area contributed by atoms with Crippen LogP contribution in [0.2, 0.25) is 0 Å². The minimum Gasteiger partial charge on any atom is -0.329 e. The highest BCUT2D eigenvalue weighted by Crippen LogP contribution is 2.34. The maximum absolute atomic E-state index is 12.6.